The molecule has 0 aromatic heterocycles. The quantitative estimate of drug-likeness (QED) is 0.817. The SMILES string of the molecule is COc1ccc(CN2CCCN(C(=O)c3ccc(CNC(C)=O)cc3)CC2)cc1. The molecule has 1 N–H and O–H groups in total. The monoisotopic (exact) mass is 395 g/mol. The first-order valence-electron chi connectivity index (χ1n) is 10.0. The molecule has 0 bridgehead atoms. The molecule has 2 amide bonds. The zero-order chi connectivity index (χ0) is 20.6. The van der Waals surface area contributed by atoms with E-state index in [9.17, 15) is 9.59 Å². The predicted molar refractivity (Wildman–Crippen MR) is 113 cm³/mol. The van der Waals surface area contributed by atoms with E-state index in [2.05, 4.69) is 22.3 Å². The Hall–Kier alpha value is -2.86. The molecule has 1 heterocycles. The lowest BCUT2D eigenvalue weighted by Crippen LogP contribution is -2.35. The van der Waals surface area contributed by atoms with Gasteiger partial charge in [0, 0.05) is 51.8 Å². The average Bonchev–Trinajstić information content (AvgIpc) is 2.98. The van der Waals surface area contributed by atoms with Crippen molar-refractivity contribution in [2.75, 3.05) is 33.3 Å². The van der Waals surface area contributed by atoms with Gasteiger partial charge in [-0.15, -0.1) is 0 Å². The summed E-state index contributed by atoms with van der Waals surface area (Å²) in [6, 6.07) is 15.6. The summed E-state index contributed by atoms with van der Waals surface area (Å²) in [6.07, 6.45) is 0.961. The number of hydrogen-bond acceptors (Lipinski definition) is 4. The van der Waals surface area contributed by atoms with E-state index in [0.717, 1.165) is 50.5 Å². The van der Waals surface area contributed by atoms with Crippen molar-refractivity contribution in [1.29, 1.82) is 0 Å². The van der Waals surface area contributed by atoms with Crippen LogP contribution in [0, 0.1) is 0 Å². The molecule has 154 valence electrons. The Bertz CT molecular complexity index is 818. The second-order valence-electron chi connectivity index (χ2n) is 7.38. The first kappa shape index (κ1) is 20.9. The molecule has 6 nitrogen and oxygen atoms in total. The summed E-state index contributed by atoms with van der Waals surface area (Å²) < 4.78 is 5.22. The Morgan fingerprint density at radius 2 is 1.62 bits per heavy atom. The summed E-state index contributed by atoms with van der Waals surface area (Å²) >= 11 is 0. The molecule has 0 spiro atoms. The fraction of sp³-hybridized carbons (Fsp3) is 0.391. The highest BCUT2D eigenvalue weighted by Crippen LogP contribution is 2.15. The summed E-state index contributed by atoms with van der Waals surface area (Å²) in [4.78, 5) is 28.2. The number of carbonyl (C=O) groups is 2. The van der Waals surface area contributed by atoms with Gasteiger partial charge in [-0.3, -0.25) is 14.5 Å². The lowest BCUT2D eigenvalue weighted by molar-refractivity contribution is -0.119. The highest BCUT2D eigenvalue weighted by molar-refractivity contribution is 5.94. The van der Waals surface area contributed by atoms with Crippen LogP contribution in [0.2, 0.25) is 0 Å². The Morgan fingerprint density at radius 3 is 2.28 bits per heavy atom. The van der Waals surface area contributed by atoms with Crippen LogP contribution in [0.15, 0.2) is 48.5 Å². The molecular weight excluding hydrogens is 366 g/mol. The van der Waals surface area contributed by atoms with Crippen LogP contribution in [0.4, 0.5) is 0 Å². The molecule has 0 saturated carbocycles. The molecule has 2 aromatic rings. The van der Waals surface area contributed by atoms with E-state index in [1.807, 2.05) is 41.3 Å². The minimum absolute atomic E-state index is 0.0612. The largest absolute Gasteiger partial charge is 0.497 e. The molecule has 1 saturated heterocycles. The maximum Gasteiger partial charge on any atom is 0.253 e. The van der Waals surface area contributed by atoms with Gasteiger partial charge in [-0.2, -0.15) is 0 Å². The van der Waals surface area contributed by atoms with E-state index < -0.39 is 0 Å². The summed E-state index contributed by atoms with van der Waals surface area (Å²) in [6.45, 7) is 6.19. The van der Waals surface area contributed by atoms with Gasteiger partial charge in [0.2, 0.25) is 5.91 Å². The van der Waals surface area contributed by atoms with Gasteiger partial charge in [-0.05, 0) is 41.8 Å². The van der Waals surface area contributed by atoms with Crippen molar-refractivity contribution >= 4 is 11.8 Å². The molecule has 1 fully saturated rings. The number of ether oxygens (including phenoxy) is 1. The molecule has 1 aliphatic rings. The van der Waals surface area contributed by atoms with Crippen molar-refractivity contribution in [3.05, 3.63) is 65.2 Å². The Labute approximate surface area is 172 Å². The lowest BCUT2D eigenvalue weighted by Gasteiger charge is -2.22. The van der Waals surface area contributed by atoms with Gasteiger partial charge in [0.05, 0.1) is 7.11 Å². The maximum atomic E-state index is 12.9. The molecule has 29 heavy (non-hydrogen) atoms. The molecule has 0 radical (unpaired) electrons. The van der Waals surface area contributed by atoms with Crippen LogP contribution in [0.1, 0.15) is 34.8 Å². The first-order valence-corrected chi connectivity index (χ1v) is 10.0. The van der Waals surface area contributed by atoms with Crippen molar-refractivity contribution in [2.24, 2.45) is 0 Å². The molecule has 3 rings (SSSR count). The van der Waals surface area contributed by atoms with Crippen molar-refractivity contribution in [3.8, 4) is 5.75 Å². The predicted octanol–water partition coefficient (Wildman–Crippen LogP) is 2.68. The summed E-state index contributed by atoms with van der Waals surface area (Å²) in [5.74, 6) is 0.876. The highest BCUT2D eigenvalue weighted by Gasteiger charge is 2.20. The second kappa shape index (κ2) is 10.1. The minimum atomic E-state index is -0.0612. The number of nitrogens with zero attached hydrogens (tertiary/aromatic N) is 2. The van der Waals surface area contributed by atoms with E-state index in [4.69, 9.17) is 4.74 Å². The second-order valence-corrected chi connectivity index (χ2v) is 7.38. The van der Waals surface area contributed by atoms with Gasteiger partial charge in [0.15, 0.2) is 0 Å². The standard InChI is InChI=1S/C23H29N3O3/c1-18(27)24-16-19-4-8-21(9-5-19)23(28)26-13-3-12-25(14-15-26)17-20-6-10-22(29-2)11-7-20/h4-11H,3,12-17H2,1-2H3,(H,24,27). The molecule has 2 aromatic carbocycles. The van der Waals surface area contributed by atoms with Crippen LogP contribution >= 0.6 is 0 Å². The third-order valence-corrected chi connectivity index (χ3v) is 5.18. The van der Waals surface area contributed by atoms with Crippen molar-refractivity contribution in [3.63, 3.8) is 0 Å². The molecule has 0 atom stereocenters. The average molecular weight is 396 g/mol. The van der Waals surface area contributed by atoms with Crippen molar-refractivity contribution < 1.29 is 14.3 Å². The summed E-state index contributed by atoms with van der Waals surface area (Å²) in [5, 5.41) is 2.77. The Balaban J connectivity index is 1.54. The summed E-state index contributed by atoms with van der Waals surface area (Å²) in [7, 11) is 1.67. The Kier molecular flexibility index (Phi) is 7.25. The third-order valence-electron chi connectivity index (χ3n) is 5.18. The van der Waals surface area contributed by atoms with Gasteiger partial charge in [0.1, 0.15) is 5.75 Å². The van der Waals surface area contributed by atoms with Crippen molar-refractivity contribution in [2.45, 2.75) is 26.4 Å². The molecule has 6 heteroatoms. The fourth-order valence-corrected chi connectivity index (χ4v) is 3.50. The van der Waals surface area contributed by atoms with Crippen molar-refractivity contribution in [1.82, 2.24) is 15.1 Å². The van der Waals surface area contributed by atoms with Gasteiger partial charge in [-0.25, -0.2) is 0 Å². The lowest BCUT2D eigenvalue weighted by atomic mass is 10.1. The van der Waals surface area contributed by atoms with Crippen LogP contribution in [0.25, 0.3) is 0 Å². The number of nitrogens with one attached hydrogen (secondary N) is 1. The molecule has 0 unspecified atom stereocenters. The van der Waals surface area contributed by atoms with E-state index in [1.54, 1.807) is 7.11 Å². The van der Waals surface area contributed by atoms with Crippen LogP contribution < -0.4 is 10.1 Å². The van der Waals surface area contributed by atoms with E-state index >= 15 is 0 Å². The smallest absolute Gasteiger partial charge is 0.253 e. The maximum absolute atomic E-state index is 12.9. The highest BCUT2D eigenvalue weighted by atomic mass is 16.5. The number of carbonyl (C=O) groups excluding carboxylic acids is 2. The normalized spacial score (nSPS) is 14.9. The van der Waals surface area contributed by atoms with Crippen LogP contribution in [-0.2, 0) is 17.9 Å². The van der Waals surface area contributed by atoms with Gasteiger partial charge >= 0.3 is 0 Å². The van der Waals surface area contributed by atoms with Gasteiger partial charge < -0.3 is 15.0 Å². The number of rotatable bonds is 6. The van der Waals surface area contributed by atoms with Gasteiger partial charge in [0.25, 0.3) is 5.91 Å². The van der Waals surface area contributed by atoms with E-state index in [-0.39, 0.29) is 11.8 Å². The van der Waals surface area contributed by atoms with Crippen LogP contribution in [0.5, 0.6) is 5.75 Å². The van der Waals surface area contributed by atoms with E-state index in [0.29, 0.717) is 12.1 Å². The Morgan fingerprint density at radius 1 is 0.931 bits per heavy atom. The molecule has 0 aliphatic carbocycles. The topological polar surface area (TPSA) is 61.9 Å². The van der Waals surface area contributed by atoms with Crippen LogP contribution in [0.3, 0.4) is 0 Å². The first-order chi connectivity index (χ1) is 14.0. The molecular formula is C23H29N3O3. The van der Waals surface area contributed by atoms with E-state index in [1.165, 1.54) is 12.5 Å². The molecule has 1 aliphatic heterocycles. The minimum Gasteiger partial charge on any atom is -0.497 e. The number of hydrogen-bond donors (Lipinski definition) is 1. The number of methoxy groups -OCH3 is 1. The fourth-order valence-electron chi connectivity index (χ4n) is 3.50. The zero-order valence-electron chi connectivity index (χ0n) is 17.2. The summed E-state index contributed by atoms with van der Waals surface area (Å²) in [5.41, 5.74) is 2.93. The van der Waals surface area contributed by atoms with Gasteiger partial charge in [-0.1, -0.05) is 24.3 Å². The van der Waals surface area contributed by atoms with Crippen LogP contribution in [-0.4, -0.2) is 54.9 Å². The number of benzene rings is 2. The third kappa shape index (κ3) is 6.06. The number of amides is 2. The zero-order valence-corrected chi connectivity index (χ0v) is 17.2.